The first-order valence-corrected chi connectivity index (χ1v) is 12.9. The van der Waals surface area contributed by atoms with Crippen molar-refractivity contribution in [2.45, 2.75) is 76.9 Å². The van der Waals surface area contributed by atoms with E-state index in [-0.39, 0.29) is 0 Å². The van der Waals surface area contributed by atoms with Crippen molar-refractivity contribution in [2.24, 2.45) is 5.92 Å². The van der Waals surface area contributed by atoms with E-state index in [0.29, 0.717) is 12.1 Å². The number of aromatic nitrogens is 1. The fraction of sp³-hybridized carbons (Fsp3) is 0.607. The van der Waals surface area contributed by atoms with Gasteiger partial charge in [-0.25, -0.2) is 4.98 Å². The van der Waals surface area contributed by atoms with Crippen molar-refractivity contribution in [3.05, 3.63) is 58.8 Å². The van der Waals surface area contributed by atoms with Gasteiger partial charge in [-0.05, 0) is 93.4 Å². The topological polar surface area (TPSA) is 37.4 Å². The van der Waals surface area contributed by atoms with Crippen molar-refractivity contribution in [1.82, 2.24) is 9.88 Å². The second-order valence-electron chi connectivity index (χ2n) is 10.1. The number of unbranched alkanes of at least 4 members (excludes halogenated alkanes) is 1. The molecule has 0 radical (unpaired) electrons. The second kappa shape index (κ2) is 10.4. The van der Waals surface area contributed by atoms with Gasteiger partial charge in [-0.15, -0.1) is 0 Å². The number of benzene rings is 1. The van der Waals surface area contributed by atoms with Crippen molar-refractivity contribution in [2.75, 3.05) is 31.6 Å². The Kier molecular flexibility index (Phi) is 7.09. The fourth-order valence-electron chi connectivity index (χ4n) is 5.37. The Morgan fingerprint density at radius 2 is 2.03 bits per heavy atom. The molecular weight excluding hydrogens is 394 g/mol. The normalized spacial score (nSPS) is 21.8. The molecule has 2 fully saturated rings. The average Bonchev–Trinajstić information content (AvgIpc) is 3.52. The summed E-state index contributed by atoms with van der Waals surface area (Å²) in [6, 6.07) is 14.1. The van der Waals surface area contributed by atoms with Crippen LogP contribution in [0.5, 0.6) is 0 Å². The van der Waals surface area contributed by atoms with E-state index in [4.69, 9.17) is 9.72 Å². The summed E-state index contributed by atoms with van der Waals surface area (Å²) in [7, 11) is 0. The van der Waals surface area contributed by atoms with E-state index in [1.54, 1.807) is 5.56 Å². The Balaban J connectivity index is 1.03. The molecule has 3 heterocycles. The molecule has 1 aromatic carbocycles. The quantitative estimate of drug-likeness (QED) is 0.497. The Hall–Kier alpha value is -1.91. The lowest BCUT2D eigenvalue weighted by atomic mass is 9.96. The number of nitrogens with zero attached hydrogens (tertiary/aromatic N) is 2. The molecule has 3 aliphatic rings. The zero-order valence-corrected chi connectivity index (χ0v) is 19.7. The smallest absolute Gasteiger partial charge is 0.129 e. The van der Waals surface area contributed by atoms with E-state index in [0.717, 1.165) is 70.1 Å². The van der Waals surface area contributed by atoms with E-state index in [1.165, 1.54) is 42.5 Å². The molecule has 2 aliphatic heterocycles. The minimum atomic E-state index is 0.388. The zero-order chi connectivity index (χ0) is 21.8. The number of anilines is 1. The van der Waals surface area contributed by atoms with Crippen LogP contribution in [0.3, 0.4) is 0 Å². The molecule has 2 aromatic rings. The van der Waals surface area contributed by atoms with Crippen LogP contribution in [0.15, 0.2) is 36.4 Å². The fourth-order valence-corrected chi connectivity index (χ4v) is 5.37. The summed E-state index contributed by atoms with van der Waals surface area (Å²) in [5.41, 5.74) is 5.69. The van der Waals surface area contributed by atoms with Gasteiger partial charge < -0.3 is 10.1 Å². The Labute approximate surface area is 193 Å². The third-order valence-electron chi connectivity index (χ3n) is 7.57. The predicted molar refractivity (Wildman–Crippen MR) is 131 cm³/mol. The lowest BCUT2D eigenvalue weighted by Gasteiger charge is -2.26. The molecule has 1 aliphatic carbocycles. The molecule has 172 valence electrons. The van der Waals surface area contributed by atoms with E-state index in [9.17, 15) is 0 Å². The highest BCUT2D eigenvalue weighted by atomic mass is 16.5. The Bertz CT molecular complexity index is 894. The van der Waals surface area contributed by atoms with Crippen molar-refractivity contribution in [3.63, 3.8) is 0 Å². The van der Waals surface area contributed by atoms with E-state index in [1.807, 2.05) is 0 Å². The number of fused-ring (bicyclic) bond motifs is 1. The Morgan fingerprint density at radius 1 is 1.12 bits per heavy atom. The third kappa shape index (κ3) is 5.52. The van der Waals surface area contributed by atoms with Gasteiger partial charge in [0.15, 0.2) is 0 Å². The maximum absolute atomic E-state index is 6.28. The van der Waals surface area contributed by atoms with Crippen LogP contribution in [0, 0.1) is 5.92 Å². The lowest BCUT2D eigenvalue weighted by molar-refractivity contribution is 0.0535. The molecule has 1 saturated heterocycles. The predicted octanol–water partition coefficient (Wildman–Crippen LogP) is 5.57. The first-order valence-electron chi connectivity index (χ1n) is 12.9. The summed E-state index contributed by atoms with van der Waals surface area (Å²) in [6.45, 7) is 6.52. The van der Waals surface area contributed by atoms with Gasteiger partial charge in [0.05, 0.1) is 6.10 Å². The first kappa shape index (κ1) is 21.9. The maximum Gasteiger partial charge on any atom is 0.129 e. The van der Waals surface area contributed by atoms with Gasteiger partial charge in [-0.1, -0.05) is 30.3 Å². The number of aryl methyl sites for hydroxylation is 2. The van der Waals surface area contributed by atoms with Crippen molar-refractivity contribution in [3.8, 4) is 0 Å². The molecule has 0 spiro atoms. The van der Waals surface area contributed by atoms with Crippen LogP contribution >= 0.6 is 0 Å². The third-order valence-corrected chi connectivity index (χ3v) is 7.57. The number of hydrogen-bond donors (Lipinski definition) is 1. The van der Waals surface area contributed by atoms with Gasteiger partial charge in [-0.3, -0.25) is 4.90 Å². The van der Waals surface area contributed by atoms with Crippen molar-refractivity contribution in [1.29, 1.82) is 0 Å². The standard InChI is InChI=1S/C28H39N3O/c1-21(27-10-3-2-7-24(27)19-22-11-12-22)31-17-15-26(20-31)32-18-5-4-9-25-14-13-23-8-6-16-29-28(23)30-25/h2-3,7,10,13-14,21-22,26H,4-6,8-9,11-12,15-20H2,1H3,(H,29,30)/t21-,26-/m1/s1. The summed E-state index contributed by atoms with van der Waals surface area (Å²) in [4.78, 5) is 7.44. The summed E-state index contributed by atoms with van der Waals surface area (Å²) in [5.74, 6) is 2.05. The highest BCUT2D eigenvalue weighted by Gasteiger charge is 2.29. The molecule has 0 amide bonds. The molecule has 1 saturated carbocycles. The van der Waals surface area contributed by atoms with Crippen LogP contribution in [-0.4, -0.2) is 42.2 Å². The monoisotopic (exact) mass is 433 g/mol. The van der Waals surface area contributed by atoms with Crippen molar-refractivity contribution < 1.29 is 4.74 Å². The van der Waals surface area contributed by atoms with Gasteiger partial charge in [0.25, 0.3) is 0 Å². The highest BCUT2D eigenvalue weighted by molar-refractivity contribution is 5.47. The van der Waals surface area contributed by atoms with Gasteiger partial charge in [-0.2, -0.15) is 0 Å². The molecule has 4 nitrogen and oxygen atoms in total. The van der Waals surface area contributed by atoms with Crippen LogP contribution in [0.4, 0.5) is 5.82 Å². The van der Waals surface area contributed by atoms with Gasteiger partial charge in [0.1, 0.15) is 5.82 Å². The van der Waals surface area contributed by atoms with Crippen LogP contribution in [0.1, 0.15) is 73.9 Å². The lowest BCUT2D eigenvalue weighted by Crippen LogP contribution is -2.27. The van der Waals surface area contributed by atoms with Crippen LogP contribution in [0.2, 0.25) is 0 Å². The number of nitrogens with one attached hydrogen (secondary N) is 1. The molecule has 2 atom stereocenters. The number of pyridine rings is 1. The second-order valence-corrected chi connectivity index (χ2v) is 10.1. The number of rotatable bonds is 10. The first-order chi connectivity index (χ1) is 15.8. The molecule has 4 heteroatoms. The molecule has 32 heavy (non-hydrogen) atoms. The average molecular weight is 434 g/mol. The van der Waals surface area contributed by atoms with Gasteiger partial charge in [0, 0.05) is 38.0 Å². The van der Waals surface area contributed by atoms with E-state index >= 15 is 0 Å². The molecule has 0 bridgehead atoms. The zero-order valence-electron chi connectivity index (χ0n) is 19.7. The van der Waals surface area contributed by atoms with Crippen LogP contribution in [-0.2, 0) is 24.0 Å². The molecule has 1 N–H and O–H groups in total. The Morgan fingerprint density at radius 3 is 2.94 bits per heavy atom. The molecule has 5 rings (SSSR count). The number of hydrogen-bond acceptors (Lipinski definition) is 4. The summed E-state index contributed by atoms with van der Waals surface area (Å²) in [5, 5.41) is 3.44. The summed E-state index contributed by atoms with van der Waals surface area (Å²) in [6.07, 6.45) is 11.3. The van der Waals surface area contributed by atoms with E-state index < -0.39 is 0 Å². The molecule has 0 unspecified atom stereocenters. The minimum absolute atomic E-state index is 0.388. The highest BCUT2D eigenvalue weighted by Crippen LogP contribution is 2.36. The van der Waals surface area contributed by atoms with Gasteiger partial charge >= 0.3 is 0 Å². The van der Waals surface area contributed by atoms with Crippen LogP contribution in [0.25, 0.3) is 0 Å². The molecular formula is C28H39N3O. The largest absolute Gasteiger partial charge is 0.377 e. The van der Waals surface area contributed by atoms with E-state index in [2.05, 4.69) is 53.5 Å². The summed E-state index contributed by atoms with van der Waals surface area (Å²) < 4.78 is 6.28. The maximum atomic E-state index is 6.28. The SMILES string of the molecule is C[C@H](c1ccccc1CC1CC1)N1CC[C@@H](OCCCCc2ccc3c(n2)NCCC3)C1. The summed E-state index contributed by atoms with van der Waals surface area (Å²) >= 11 is 0. The van der Waals surface area contributed by atoms with Gasteiger partial charge in [0.2, 0.25) is 0 Å². The number of likely N-dealkylation sites (tertiary alicyclic amines) is 1. The van der Waals surface area contributed by atoms with Crippen molar-refractivity contribution >= 4 is 5.82 Å². The van der Waals surface area contributed by atoms with Crippen LogP contribution < -0.4 is 5.32 Å². The molecule has 1 aromatic heterocycles. The number of ether oxygens (including phenoxy) is 1. The minimum Gasteiger partial charge on any atom is -0.377 e.